The van der Waals surface area contributed by atoms with E-state index in [2.05, 4.69) is 11.0 Å². The molecule has 2 aliphatic rings. The van der Waals surface area contributed by atoms with Gasteiger partial charge < -0.3 is 14.7 Å². The lowest BCUT2D eigenvalue weighted by atomic mass is 9.87. The Kier molecular flexibility index (Phi) is 6.67. The van der Waals surface area contributed by atoms with Crippen molar-refractivity contribution in [3.8, 4) is 0 Å². The largest absolute Gasteiger partial charge is 0.465 e. The van der Waals surface area contributed by atoms with Gasteiger partial charge in [0.25, 0.3) is 0 Å². The maximum Gasteiger partial charge on any atom is 0.407 e. The topological polar surface area (TPSA) is 70.1 Å². The molecule has 7 heteroatoms. The van der Waals surface area contributed by atoms with E-state index < -0.39 is 6.09 Å². The molecule has 0 bridgehead atoms. The van der Waals surface area contributed by atoms with Crippen LogP contribution >= 0.6 is 0 Å². The number of rotatable bonds is 5. The molecule has 28 heavy (non-hydrogen) atoms. The summed E-state index contributed by atoms with van der Waals surface area (Å²) in [6.45, 7) is 4.35. The van der Waals surface area contributed by atoms with Crippen LogP contribution in [-0.2, 0) is 9.53 Å². The van der Waals surface area contributed by atoms with Crippen LogP contribution in [0, 0.1) is 11.7 Å². The number of benzene rings is 1. The minimum Gasteiger partial charge on any atom is -0.465 e. The molecule has 2 aliphatic heterocycles. The van der Waals surface area contributed by atoms with Crippen LogP contribution in [0.25, 0.3) is 5.57 Å². The van der Waals surface area contributed by atoms with Crippen molar-refractivity contribution in [1.29, 1.82) is 0 Å². The number of piperidine rings is 1. The van der Waals surface area contributed by atoms with E-state index in [0.717, 1.165) is 17.6 Å². The van der Waals surface area contributed by atoms with E-state index in [4.69, 9.17) is 9.84 Å². The number of amides is 1. The highest BCUT2D eigenvalue weighted by Gasteiger charge is 2.38. The standard InChI is InChI=1S/C21H27FN2O4/c1-2-28-20(25)19(17-9-13-24(14-10-17)21(26)27)23-11-7-16(8-12-23)15-3-5-18(22)6-4-15/h3-7,17,19H,2,8-14H2,1H3,(H,26,27). The Morgan fingerprint density at radius 3 is 2.43 bits per heavy atom. The first-order valence-corrected chi connectivity index (χ1v) is 9.83. The van der Waals surface area contributed by atoms with Gasteiger partial charge in [-0.2, -0.15) is 0 Å². The first-order chi connectivity index (χ1) is 13.5. The highest BCUT2D eigenvalue weighted by atomic mass is 19.1. The van der Waals surface area contributed by atoms with E-state index >= 15 is 0 Å². The molecule has 1 aromatic carbocycles. The average Bonchev–Trinajstić information content (AvgIpc) is 2.70. The predicted molar refractivity (Wildman–Crippen MR) is 103 cm³/mol. The van der Waals surface area contributed by atoms with Crippen LogP contribution in [-0.4, -0.2) is 65.8 Å². The zero-order valence-corrected chi connectivity index (χ0v) is 16.1. The summed E-state index contributed by atoms with van der Waals surface area (Å²) in [4.78, 5) is 27.4. The van der Waals surface area contributed by atoms with Gasteiger partial charge in [0, 0.05) is 26.2 Å². The number of hydrogen-bond acceptors (Lipinski definition) is 4. The van der Waals surface area contributed by atoms with Crippen LogP contribution in [0.15, 0.2) is 30.3 Å². The second-order valence-corrected chi connectivity index (χ2v) is 7.29. The zero-order chi connectivity index (χ0) is 20.1. The molecule has 6 nitrogen and oxygen atoms in total. The number of likely N-dealkylation sites (tertiary alicyclic amines) is 1. The molecule has 1 amide bonds. The molecule has 1 fully saturated rings. The molecule has 3 rings (SSSR count). The Bertz CT molecular complexity index is 726. The maximum absolute atomic E-state index is 13.1. The molecule has 1 saturated heterocycles. The van der Waals surface area contributed by atoms with Gasteiger partial charge in [0.1, 0.15) is 11.9 Å². The fourth-order valence-electron chi connectivity index (χ4n) is 4.14. The second kappa shape index (κ2) is 9.19. The van der Waals surface area contributed by atoms with Crippen molar-refractivity contribution in [3.63, 3.8) is 0 Å². The lowest BCUT2D eigenvalue weighted by molar-refractivity contribution is -0.152. The Labute approximate surface area is 164 Å². The molecule has 1 unspecified atom stereocenters. The fraction of sp³-hybridized carbons (Fsp3) is 0.524. The third kappa shape index (κ3) is 4.70. The van der Waals surface area contributed by atoms with Gasteiger partial charge >= 0.3 is 12.1 Å². The number of carbonyl (C=O) groups is 2. The van der Waals surface area contributed by atoms with E-state index in [9.17, 15) is 14.0 Å². The van der Waals surface area contributed by atoms with Crippen LogP contribution in [0.5, 0.6) is 0 Å². The van der Waals surface area contributed by atoms with Gasteiger partial charge in [-0.25, -0.2) is 9.18 Å². The third-order valence-corrected chi connectivity index (χ3v) is 5.63. The summed E-state index contributed by atoms with van der Waals surface area (Å²) < 4.78 is 18.5. The molecule has 1 atom stereocenters. The summed E-state index contributed by atoms with van der Waals surface area (Å²) >= 11 is 0. The highest BCUT2D eigenvalue weighted by Crippen LogP contribution is 2.29. The minimum atomic E-state index is -0.906. The first kappa shape index (κ1) is 20.3. The Morgan fingerprint density at radius 2 is 1.89 bits per heavy atom. The Balaban J connectivity index is 1.70. The predicted octanol–water partition coefficient (Wildman–Crippen LogP) is 3.24. The smallest absolute Gasteiger partial charge is 0.407 e. The molecule has 1 N–H and O–H groups in total. The molecule has 2 heterocycles. The van der Waals surface area contributed by atoms with Crippen molar-refractivity contribution in [3.05, 3.63) is 41.7 Å². The van der Waals surface area contributed by atoms with E-state index in [0.29, 0.717) is 45.6 Å². The Hall–Kier alpha value is -2.41. The SMILES string of the molecule is CCOC(=O)C(C1CCN(C(=O)O)CC1)N1CC=C(c2ccc(F)cc2)CC1. The van der Waals surface area contributed by atoms with Gasteiger partial charge in [-0.1, -0.05) is 18.2 Å². The van der Waals surface area contributed by atoms with Gasteiger partial charge in [-0.05, 0) is 55.4 Å². The summed E-state index contributed by atoms with van der Waals surface area (Å²) in [6, 6.07) is 6.12. The number of carbonyl (C=O) groups excluding carboxylic acids is 1. The van der Waals surface area contributed by atoms with Gasteiger partial charge in [-0.3, -0.25) is 9.69 Å². The maximum atomic E-state index is 13.1. The Morgan fingerprint density at radius 1 is 1.21 bits per heavy atom. The highest BCUT2D eigenvalue weighted by molar-refractivity contribution is 5.77. The molecular weight excluding hydrogens is 363 g/mol. The molecule has 152 valence electrons. The van der Waals surface area contributed by atoms with Crippen LogP contribution < -0.4 is 0 Å². The van der Waals surface area contributed by atoms with Gasteiger partial charge in [0.05, 0.1) is 6.61 Å². The lowest BCUT2D eigenvalue weighted by Gasteiger charge is -2.40. The van der Waals surface area contributed by atoms with Crippen molar-refractivity contribution in [2.45, 2.75) is 32.2 Å². The number of esters is 1. The monoisotopic (exact) mass is 390 g/mol. The number of halogens is 1. The van der Waals surface area contributed by atoms with E-state index in [1.54, 1.807) is 19.1 Å². The van der Waals surface area contributed by atoms with Crippen LogP contribution in [0.3, 0.4) is 0 Å². The van der Waals surface area contributed by atoms with Crippen molar-refractivity contribution >= 4 is 17.6 Å². The molecule has 0 aliphatic carbocycles. The summed E-state index contributed by atoms with van der Waals surface area (Å²) in [5, 5.41) is 9.15. The van der Waals surface area contributed by atoms with E-state index in [1.165, 1.54) is 17.0 Å². The number of nitrogens with zero attached hydrogens (tertiary/aromatic N) is 2. The van der Waals surface area contributed by atoms with E-state index in [1.807, 2.05) is 0 Å². The summed E-state index contributed by atoms with van der Waals surface area (Å²) in [6.07, 6.45) is 3.27. The fourth-order valence-corrected chi connectivity index (χ4v) is 4.14. The molecule has 0 saturated carbocycles. The summed E-state index contributed by atoms with van der Waals surface area (Å²) in [5.74, 6) is -0.401. The number of carboxylic acid groups (broad SMARTS) is 1. The van der Waals surface area contributed by atoms with Crippen LogP contribution in [0.2, 0.25) is 0 Å². The molecule has 0 spiro atoms. The van der Waals surface area contributed by atoms with Crippen LogP contribution in [0.1, 0.15) is 31.7 Å². The van der Waals surface area contributed by atoms with E-state index in [-0.39, 0.29) is 23.7 Å². The zero-order valence-electron chi connectivity index (χ0n) is 16.1. The third-order valence-electron chi connectivity index (χ3n) is 5.63. The average molecular weight is 390 g/mol. The number of ether oxygens (including phenoxy) is 1. The quantitative estimate of drug-likeness (QED) is 0.782. The molecule has 1 aromatic rings. The first-order valence-electron chi connectivity index (χ1n) is 9.83. The number of hydrogen-bond donors (Lipinski definition) is 1. The normalized spacial score (nSPS) is 19.8. The van der Waals surface area contributed by atoms with Gasteiger partial charge in [0.15, 0.2) is 0 Å². The van der Waals surface area contributed by atoms with Gasteiger partial charge in [0.2, 0.25) is 0 Å². The van der Waals surface area contributed by atoms with Crippen molar-refractivity contribution in [1.82, 2.24) is 9.80 Å². The minimum absolute atomic E-state index is 0.0791. The van der Waals surface area contributed by atoms with Crippen molar-refractivity contribution < 1.29 is 23.8 Å². The second-order valence-electron chi connectivity index (χ2n) is 7.29. The van der Waals surface area contributed by atoms with Gasteiger partial charge in [-0.15, -0.1) is 0 Å². The van der Waals surface area contributed by atoms with Crippen molar-refractivity contribution in [2.24, 2.45) is 5.92 Å². The summed E-state index contributed by atoms with van der Waals surface area (Å²) in [5.41, 5.74) is 2.16. The summed E-state index contributed by atoms with van der Waals surface area (Å²) in [7, 11) is 0. The molecule has 0 radical (unpaired) electrons. The van der Waals surface area contributed by atoms with Crippen molar-refractivity contribution in [2.75, 3.05) is 32.8 Å². The van der Waals surface area contributed by atoms with Crippen LogP contribution in [0.4, 0.5) is 9.18 Å². The molecular formula is C21H27FN2O4. The molecule has 0 aromatic heterocycles. The lowest BCUT2D eigenvalue weighted by Crippen LogP contribution is -2.52.